The zero-order chi connectivity index (χ0) is 6.41. The van der Waals surface area contributed by atoms with Gasteiger partial charge >= 0.3 is 0 Å². The molecule has 0 fully saturated rings. The number of nitrogens with one attached hydrogen (secondary N) is 1. The first kappa shape index (κ1) is 11.5. The lowest BCUT2D eigenvalue weighted by Crippen LogP contribution is -2.17. The summed E-state index contributed by atoms with van der Waals surface area (Å²) in [7, 11) is 1.51. The Kier molecular flexibility index (Phi) is 9.79. The van der Waals surface area contributed by atoms with Crippen LogP contribution >= 0.6 is 12.4 Å². The minimum Gasteiger partial charge on any atom is -0.386 e. The van der Waals surface area contributed by atoms with Crippen molar-refractivity contribution < 1.29 is 9.47 Å². The predicted octanol–water partition coefficient (Wildman–Crippen LogP) is -0.0353. The topological polar surface area (TPSA) is 68.3 Å². The average Bonchev–Trinajstić information content (AvgIpc) is 1.66. The van der Waals surface area contributed by atoms with Crippen LogP contribution in [-0.2, 0) is 9.47 Å². The molecule has 0 aliphatic carbocycles. The molecule has 0 bridgehead atoms. The molecule has 3 N–H and O–H groups in total. The lowest BCUT2D eigenvalue weighted by molar-refractivity contribution is -0.0148. The van der Waals surface area contributed by atoms with Gasteiger partial charge in [0, 0.05) is 7.11 Å². The van der Waals surface area contributed by atoms with E-state index in [2.05, 4.69) is 9.47 Å². The molecule has 0 amide bonds. The highest BCUT2D eigenvalue weighted by atomic mass is 35.5. The summed E-state index contributed by atoms with van der Waals surface area (Å²) in [5, 5.41) is 6.67. The smallest absolute Gasteiger partial charge is 0.146 e. The molecule has 0 atom stereocenters. The number of hydrogen-bond donors (Lipinski definition) is 2. The van der Waals surface area contributed by atoms with Gasteiger partial charge in [-0.1, -0.05) is 0 Å². The van der Waals surface area contributed by atoms with Gasteiger partial charge in [0.15, 0.2) is 0 Å². The molecular weight excluding hydrogens is 144 g/mol. The first-order valence-electron chi connectivity index (χ1n) is 2.17. The molecule has 0 heterocycles. The van der Waals surface area contributed by atoms with E-state index in [0.717, 1.165) is 0 Å². The fourth-order valence-corrected chi connectivity index (χ4v) is 0.235. The van der Waals surface area contributed by atoms with Gasteiger partial charge in [0.2, 0.25) is 0 Å². The van der Waals surface area contributed by atoms with Crippen molar-refractivity contribution in [2.24, 2.45) is 5.73 Å². The van der Waals surface area contributed by atoms with Crippen molar-refractivity contribution in [2.75, 3.05) is 20.5 Å². The molecule has 0 aromatic heterocycles. The first-order chi connectivity index (χ1) is 3.77. The van der Waals surface area contributed by atoms with Crippen LogP contribution in [0.2, 0.25) is 0 Å². The third-order valence-corrected chi connectivity index (χ3v) is 0.459. The molecule has 0 saturated carbocycles. The number of halogens is 1. The average molecular weight is 155 g/mol. The third kappa shape index (κ3) is 11.3. The van der Waals surface area contributed by atoms with Crippen molar-refractivity contribution >= 4 is 18.2 Å². The Morgan fingerprint density at radius 2 is 2.22 bits per heavy atom. The Balaban J connectivity index is 0. The molecule has 0 aromatic rings. The van der Waals surface area contributed by atoms with E-state index in [-0.39, 0.29) is 31.6 Å². The van der Waals surface area contributed by atoms with Gasteiger partial charge in [-0.05, 0) is 0 Å². The summed E-state index contributed by atoms with van der Waals surface area (Å²) in [6, 6.07) is 0. The van der Waals surface area contributed by atoms with Gasteiger partial charge < -0.3 is 15.2 Å². The SMILES string of the molecule is COCOCC(=N)N.Cl. The zero-order valence-corrected chi connectivity index (χ0v) is 6.03. The second-order valence-electron chi connectivity index (χ2n) is 1.28. The lowest BCUT2D eigenvalue weighted by atomic mass is 10.7. The van der Waals surface area contributed by atoms with Gasteiger partial charge in [0.1, 0.15) is 19.2 Å². The molecule has 0 spiro atoms. The van der Waals surface area contributed by atoms with E-state index >= 15 is 0 Å². The van der Waals surface area contributed by atoms with Crippen LogP contribution in [-0.4, -0.2) is 26.3 Å². The largest absolute Gasteiger partial charge is 0.386 e. The highest BCUT2D eigenvalue weighted by Crippen LogP contribution is 1.71. The van der Waals surface area contributed by atoms with Crippen LogP contribution in [0.25, 0.3) is 0 Å². The maximum absolute atomic E-state index is 6.67. The van der Waals surface area contributed by atoms with Crippen LogP contribution in [0.1, 0.15) is 0 Å². The number of ether oxygens (including phenoxy) is 2. The highest BCUT2D eigenvalue weighted by Gasteiger charge is 1.85. The molecule has 0 rings (SSSR count). The van der Waals surface area contributed by atoms with Gasteiger partial charge in [-0.15, -0.1) is 12.4 Å². The second kappa shape index (κ2) is 7.68. The summed E-state index contributed by atoms with van der Waals surface area (Å²) < 4.78 is 9.19. The number of methoxy groups -OCH3 is 1. The summed E-state index contributed by atoms with van der Waals surface area (Å²) in [4.78, 5) is 0. The van der Waals surface area contributed by atoms with Gasteiger partial charge in [-0.3, -0.25) is 5.41 Å². The fraction of sp³-hybridized carbons (Fsp3) is 0.750. The molecule has 0 saturated heterocycles. The molecular formula is C4H11ClN2O2. The first-order valence-corrected chi connectivity index (χ1v) is 2.17. The van der Waals surface area contributed by atoms with Crippen LogP contribution < -0.4 is 5.73 Å². The van der Waals surface area contributed by atoms with E-state index in [1.807, 2.05) is 0 Å². The maximum Gasteiger partial charge on any atom is 0.146 e. The third-order valence-electron chi connectivity index (χ3n) is 0.459. The minimum atomic E-state index is 0. The molecule has 0 radical (unpaired) electrons. The monoisotopic (exact) mass is 154 g/mol. The normalized spacial score (nSPS) is 8.11. The summed E-state index contributed by atoms with van der Waals surface area (Å²) >= 11 is 0. The van der Waals surface area contributed by atoms with Crippen LogP contribution in [0.5, 0.6) is 0 Å². The Morgan fingerprint density at radius 1 is 1.67 bits per heavy atom. The Hall–Kier alpha value is -0.320. The van der Waals surface area contributed by atoms with Crippen molar-refractivity contribution in [1.29, 1.82) is 5.41 Å². The van der Waals surface area contributed by atoms with Crippen molar-refractivity contribution in [3.8, 4) is 0 Å². The summed E-state index contributed by atoms with van der Waals surface area (Å²) in [5.41, 5.74) is 4.94. The summed E-state index contributed by atoms with van der Waals surface area (Å²) in [6.45, 7) is 0.341. The Morgan fingerprint density at radius 3 is 2.56 bits per heavy atom. The van der Waals surface area contributed by atoms with Gasteiger partial charge in [0.25, 0.3) is 0 Å². The van der Waals surface area contributed by atoms with Crippen molar-refractivity contribution in [3.63, 3.8) is 0 Å². The summed E-state index contributed by atoms with van der Waals surface area (Å²) in [5.74, 6) is 0.0158. The number of amidine groups is 1. The van der Waals surface area contributed by atoms with Gasteiger partial charge in [0.05, 0.1) is 0 Å². The Bertz CT molecular complexity index is 79.0. The highest BCUT2D eigenvalue weighted by molar-refractivity contribution is 5.85. The minimum absolute atomic E-state index is 0. The van der Waals surface area contributed by atoms with Gasteiger partial charge in [-0.2, -0.15) is 0 Å². The molecule has 0 unspecified atom stereocenters. The quantitative estimate of drug-likeness (QED) is 0.259. The van der Waals surface area contributed by atoms with E-state index in [4.69, 9.17) is 11.1 Å². The summed E-state index contributed by atoms with van der Waals surface area (Å²) in [6.07, 6.45) is 0. The van der Waals surface area contributed by atoms with Crippen LogP contribution in [0.4, 0.5) is 0 Å². The molecule has 56 valence electrons. The van der Waals surface area contributed by atoms with Crippen LogP contribution in [0.15, 0.2) is 0 Å². The van der Waals surface area contributed by atoms with Crippen molar-refractivity contribution in [3.05, 3.63) is 0 Å². The fourth-order valence-electron chi connectivity index (χ4n) is 0.235. The standard InChI is InChI=1S/C4H10N2O2.ClH/c1-7-3-8-2-4(5)6;/h2-3H2,1H3,(H3,5,6);1H. The molecule has 0 aromatic carbocycles. The van der Waals surface area contributed by atoms with E-state index in [1.54, 1.807) is 0 Å². The maximum atomic E-state index is 6.67. The van der Waals surface area contributed by atoms with Crippen LogP contribution in [0.3, 0.4) is 0 Å². The molecule has 0 aliphatic heterocycles. The molecule has 4 nitrogen and oxygen atoms in total. The predicted molar refractivity (Wildman–Crippen MR) is 37.0 cm³/mol. The Labute approximate surface area is 60.2 Å². The van der Waals surface area contributed by atoms with Crippen molar-refractivity contribution in [1.82, 2.24) is 0 Å². The second-order valence-corrected chi connectivity index (χ2v) is 1.28. The number of nitrogens with two attached hydrogens (primary N) is 1. The van der Waals surface area contributed by atoms with Crippen molar-refractivity contribution in [2.45, 2.75) is 0 Å². The number of rotatable bonds is 4. The van der Waals surface area contributed by atoms with E-state index in [1.165, 1.54) is 7.11 Å². The molecule has 5 heteroatoms. The zero-order valence-electron chi connectivity index (χ0n) is 5.22. The number of hydrogen-bond acceptors (Lipinski definition) is 3. The van der Waals surface area contributed by atoms with E-state index < -0.39 is 0 Å². The lowest BCUT2D eigenvalue weighted by Gasteiger charge is -1.98. The van der Waals surface area contributed by atoms with E-state index in [0.29, 0.717) is 0 Å². The molecule has 0 aliphatic rings. The van der Waals surface area contributed by atoms with Gasteiger partial charge in [-0.25, -0.2) is 0 Å². The van der Waals surface area contributed by atoms with E-state index in [9.17, 15) is 0 Å². The van der Waals surface area contributed by atoms with Crippen LogP contribution in [0, 0.1) is 5.41 Å². The molecule has 9 heavy (non-hydrogen) atoms.